The Morgan fingerprint density at radius 1 is 1.47 bits per heavy atom. The molecule has 0 aliphatic rings. The highest BCUT2D eigenvalue weighted by Gasteiger charge is 2.06. The molecule has 0 fully saturated rings. The van der Waals surface area contributed by atoms with Crippen molar-refractivity contribution in [2.75, 3.05) is 24.3 Å². The Bertz CT molecular complexity index is 433. The number of hydrogen-bond donors (Lipinski definition) is 2. The van der Waals surface area contributed by atoms with Gasteiger partial charge in [-0.25, -0.2) is 0 Å². The smallest absolute Gasteiger partial charge is 0.251 e. The second-order valence-corrected chi connectivity index (χ2v) is 5.51. The predicted octanol–water partition coefficient (Wildman–Crippen LogP) is 1.08. The number of carbonyl (C=O) groups excluding carboxylic acids is 1. The van der Waals surface area contributed by atoms with E-state index in [1.54, 1.807) is 18.4 Å². The molecule has 1 aromatic carbocycles. The van der Waals surface area contributed by atoms with Crippen LogP contribution in [0, 0.1) is 6.92 Å². The first-order valence-electron chi connectivity index (χ1n) is 5.45. The molecule has 94 valence electrons. The lowest BCUT2D eigenvalue weighted by molar-refractivity contribution is 0.0954. The number of nitrogens with one attached hydrogen (secondary N) is 1. The quantitative estimate of drug-likeness (QED) is 0.610. The van der Waals surface area contributed by atoms with Crippen molar-refractivity contribution in [2.45, 2.75) is 13.3 Å². The van der Waals surface area contributed by atoms with Gasteiger partial charge in [-0.2, -0.15) is 0 Å². The molecule has 0 bridgehead atoms. The van der Waals surface area contributed by atoms with Crippen LogP contribution in [0.3, 0.4) is 0 Å². The third-order valence-corrected chi connectivity index (χ3v) is 3.30. The molecule has 0 aromatic heterocycles. The minimum absolute atomic E-state index is 0.140. The van der Waals surface area contributed by atoms with E-state index in [-0.39, 0.29) is 5.91 Å². The summed E-state index contributed by atoms with van der Waals surface area (Å²) in [7, 11) is -0.803. The first kappa shape index (κ1) is 13.7. The first-order valence-corrected chi connectivity index (χ1v) is 7.18. The molecule has 0 spiro atoms. The normalized spacial score (nSPS) is 12.1. The molecule has 0 aliphatic heterocycles. The van der Waals surface area contributed by atoms with E-state index in [2.05, 4.69) is 5.32 Å². The monoisotopic (exact) mass is 254 g/mol. The van der Waals surface area contributed by atoms with Gasteiger partial charge in [0.05, 0.1) is 0 Å². The highest BCUT2D eigenvalue weighted by molar-refractivity contribution is 7.84. The maximum atomic E-state index is 11.7. The molecule has 4 nitrogen and oxygen atoms in total. The Kier molecular flexibility index (Phi) is 5.15. The van der Waals surface area contributed by atoms with Crippen LogP contribution >= 0.6 is 0 Å². The summed E-state index contributed by atoms with van der Waals surface area (Å²) in [6, 6.07) is 5.24. The lowest BCUT2D eigenvalue weighted by atomic mass is 10.1. The van der Waals surface area contributed by atoms with E-state index in [4.69, 9.17) is 5.73 Å². The minimum Gasteiger partial charge on any atom is -0.398 e. The van der Waals surface area contributed by atoms with Crippen molar-refractivity contribution < 1.29 is 9.00 Å². The van der Waals surface area contributed by atoms with Crippen molar-refractivity contribution in [1.29, 1.82) is 0 Å². The van der Waals surface area contributed by atoms with E-state index in [1.807, 2.05) is 13.0 Å². The largest absolute Gasteiger partial charge is 0.398 e. The zero-order chi connectivity index (χ0) is 12.8. The number of benzene rings is 1. The number of hydrogen-bond acceptors (Lipinski definition) is 3. The van der Waals surface area contributed by atoms with Gasteiger partial charge in [-0.1, -0.05) is 6.07 Å². The van der Waals surface area contributed by atoms with Crippen LogP contribution in [0.2, 0.25) is 0 Å². The number of carbonyl (C=O) groups is 1. The van der Waals surface area contributed by atoms with E-state index >= 15 is 0 Å². The highest BCUT2D eigenvalue weighted by atomic mass is 32.2. The molecule has 1 atom stereocenters. The molecule has 1 unspecified atom stereocenters. The maximum absolute atomic E-state index is 11.7. The van der Waals surface area contributed by atoms with Gasteiger partial charge in [-0.3, -0.25) is 9.00 Å². The molecular weight excluding hydrogens is 236 g/mol. The summed E-state index contributed by atoms with van der Waals surface area (Å²) >= 11 is 0. The zero-order valence-corrected chi connectivity index (χ0v) is 11.0. The predicted molar refractivity (Wildman–Crippen MR) is 71.5 cm³/mol. The number of aryl methyl sites for hydroxylation is 1. The Hall–Kier alpha value is -1.36. The van der Waals surface area contributed by atoms with Crippen LogP contribution in [-0.2, 0) is 10.8 Å². The topological polar surface area (TPSA) is 72.2 Å². The van der Waals surface area contributed by atoms with Crippen LogP contribution < -0.4 is 11.1 Å². The molecule has 1 aromatic rings. The number of nitrogen functional groups attached to an aromatic ring is 1. The average molecular weight is 254 g/mol. The lowest BCUT2D eigenvalue weighted by Crippen LogP contribution is -2.25. The van der Waals surface area contributed by atoms with Crippen LogP contribution in [0.1, 0.15) is 22.3 Å². The third-order valence-electron chi connectivity index (χ3n) is 2.44. The van der Waals surface area contributed by atoms with Crippen molar-refractivity contribution in [2.24, 2.45) is 0 Å². The van der Waals surface area contributed by atoms with Gasteiger partial charge in [-0.05, 0) is 31.0 Å². The molecule has 5 heteroatoms. The van der Waals surface area contributed by atoms with Crippen LogP contribution in [0.4, 0.5) is 5.69 Å². The van der Waals surface area contributed by atoms with E-state index in [0.29, 0.717) is 23.5 Å². The number of nitrogens with two attached hydrogens (primary N) is 1. The van der Waals surface area contributed by atoms with Gasteiger partial charge in [0.15, 0.2) is 0 Å². The van der Waals surface area contributed by atoms with Gasteiger partial charge in [0, 0.05) is 40.6 Å². The van der Waals surface area contributed by atoms with Crippen LogP contribution in [0.25, 0.3) is 0 Å². The summed E-state index contributed by atoms with van der Waals surface area (Å²) in [4.78, 5) is 11.7. The fourth-order valence-corrected chi connectivity index (χ4v) is 1.91. The Labute approximate surface area is 104 Å². The molecule has 0 aliphatic carbocycles. The van der Waals surface area contributed by atoms with Crippen LogP contribution in [-0.4, -0.2) is 28.7 Å². The van der Waals surface area contributed by atoms with Crippen molar-refractivity contribution in [3.05, 3.63) is 29.3 Å². The number of anilines is 1. The summed E-state index contributed by atoms with van der Waals surface area (Å²) in [5.74, 6) is 0.467. The molecule has 0 heterocycles. The Balaban J connectivity index is 2.47. The SMILES string of the molecule is Cc1ccc(C(=O)NCCCS(C)=O)cc1N. The molecule has 1 rings (SSSR count). The second kappa shape index (κ2) is 6.39. The van der Waals surface area contributed by atoms with E-state index in [9.17, 15) is 9.00 Å². The van der Waals surface area contributed by atoms with Gasteiger partial charge < -0.3 is 11.1 Å². The third kappa shape index (κ3) is 4.56. The minimum atomic E-state index is -0.803. The van der Waals surface area contributed by atoms with Gasteiger partial charge in [0.1, 0.15) is 0 Å². The van der Waals surface area contributed by atoms with Crippen molar-refractivity contribution >= 4 is 22.4 Å². The highest BCUT2D eigenvalue weighted by Crippen LogP contribution is 2.12. The summed E-state index contributed by atoms with van der Waals surface area (Å²) < 4.78 is 10.8. The summed E-state index contributed by atoms with van der Waals surface area (Å²) in [5, 5.41) is 2.77. The number of rotatable bonds is 5. The van der Waals surface area contributed by atoms with Gasteiger partial charge in [0.25, 0.3) is 5.91 Å². The van der Waals surface area contributed by atoms with Gasteiger partial charge >= 0.3 is 0 Å². The van der Waals surface area contributed by atoms with Crippen LogP contribution in [0.5, 0.6) is 0 Å². The Morgan fingerprint density at radius 2 is 2.18 bits per heavy atom. The lowest BCUT2D eigenvalue weighted by Gasteiger charge is -2.06. The summed E-state index contributed by atoms with van der Waals surface area (Å²) in [6.45, 7) is 2.43. The second-order valence-electron chi connectivity index (χ2n) is 3.96. The molecule has 1 amide bonds. The van der Waals surface area contributed by atoms with Crippen molar-refractivity contribution in [3.63, 3.8) is 0 Å². The first-order chi connectivity index (χ1) is 8.00. The van der Waals surface area contributed by atoms with Crippen molar-refractivity contribution in [1.82, 2.24) is 5.32 Å². The summed E-state index contributed by atoms with van der Waals surface area (Å²) in [5.41, 5.74) is 7.87. The van der Waals surface area contributed by atoms with E-state index in [1.165, 1.54) is 0 Å². The molecule has 0 saturated carbocycles. The van der Waals surface area contributed by atoms with Gasteiger partial charge in [0.2, 0.25) is 0 Å². The fourth-order valence-electron chi connectivity index (χ4n) is 1.36. The number of amides is 1. The molecular formula is C12H18N2O2S. The fraction of sp³-hybridized carbons (Fsp3) is 0.417. The Morgan fingerprint density at radius 3 is 2.76 bits per heavy atom. The average Bonchev–Trinajstić information content (AvgIpc) is 2.27. The molecule has 3 N–H and O–H groups in total. The maximum Gasteiger partial charge on any atom is 0.251 e. The van der Waals surface area contributed by atoms with Crippen LogP contribution in [0.15, 0.2) is 18.2 Å². The standard InChI is InChI=1S/C12H18N2O2S/c1-9-4-5-10(8-11(9)13)12(15)14-6-3-7-17(2)16/h4-5,8H,3,6-7,13H2,1-2H3,(H,14,15). The van der Waals surface area contributed by atoms with E-state index in [0.717, 1.165) is 12.0 Å². The molecule has 17 heavy (non-hydrogen) atoms. The zero-order valence-electron chi connectivity index (χ0n) is 10.2. The van der Waals surface area contributed by atoms with Crippen molar-refractivity contribution in [3.8, 4) is 0 Å². The molecule has 0 saturated heterocycles. The van der Waals surface area contributed by atoms with Gasteiger partial charge in [-0.15, -0.1) is 0 Å². The molecule has 0 radical (unpaired) electrons. The van der Waals surface area contributed by atoms with E-state index < -0.39 is 10.8 Å². The summed E-state index contributed by atoms with van der Waals surface area (Å²) in [6.07, 6.45) is 2.37.